The van der Waals surface area contributed by atoms with Crippen molar-refractivity contribution in [3.63, 3.8) is 0 Å². The van der Waals surface area contributed by atoms with Gasteiger partial charge in [0.15, 0.2) is 0 Å². The highest BCUT2D eigenvalue weighted by Crippen LogP contribution is 2.20. The van der Waals surface area contributed by atoms with E-state index in [0.717, 1.165) is 5.75 Å². The highest BCUT2D eigenvalue weighted by atomic mass is 16.5. The molecule has 0 aliphatic heterocycles. The quantitative estimate of drug-likeness (QED) is 0.687. The summed E-state index contributed by atoms with van der Waals surface area (Å²) < 4.78 is 5.41. The van der Waals surface area contributed by atoms with Gasteiger partial charge in [-0.3, -0.25) is 14.5 Å². The first-order chi connectivity index (χ1) is 12.4. The Morgan fingerprint density at radius 3 is 2.42 bits per heavy atom. The Bertz CT molecular complexity index is 623. The number of ether oxygens (including phenoxy) is 1. The van der Waals surface area contributed by atoms with Gasteiger partial charge in [-0.2, -0.15) is 5.26 Å². The van der Waals surface area contributed by atoms with E-state index in [9.17, 15) is 9.59 Å². The van der Waals surface area contributed by atoms with Gasteiger partial charge >= 0.3 is 0 Å². The van der Waals surface area contributed by atoms with Crippen LogP contribution in [0, 0.1) is 11.3 Å². The van der Waals surface area contributed by atoms with Crippen LogP contribution in [0.25, 0.3) is 0 Å². The van der Waals surface area contributed by atoms with Gasteiger partial charge in [-0.05, 0) is 52.1 Å². The van der Waals surface area contributed by atoms with Crippen LogP contribution in [-0.2, 0) is 9.59 Å². The molecule has 1 N–H and O–H groups in total. The van der Waals surface area contributed by atoms with Crippen LogP contribution in [0.3, 0.4) is 0 Å². The average Bonchev–Trinajstić information content (AvgIpc) is 2.55. The van der Waals surface area contributed by atoms with Crippen molar-refractivity contribution in [2.75, 3.05) is 38.2 Å². The number of carbonyl (C=O) groups excluding carboxylic acids is 2. The van der Waals surface area contributed by atoms with Gasteiger partial charge in [-0.25, -0.2) is 0 Å². The van der Waals surface area contributed by atoms with Gasteiger partial charge in [-0.1, -0.05) is 0 Å². The number of hydrogen-bond donors (Lipinski definition) is 1. The largest absolute Gasteiger partial charge is 0.494 e. The standard InChI is InChI=1S/C19H28N4O3/c1-5-26-17-9-7-16(8-10-17)23(12-6-11-20)19(25)14-22(4)13-18(24)21-15(2)3/h7-10,15H,5-6,12-14H2,1-4H3,(H,21,24). The zero-order valence-corrected chi connectivity index (χ0v) is 16.0. The lowest BCUT2D eigenvalue weighted by atomic mass is 10.2. The molecule has 142 valence electrons. The maximum absolute atomic E-state index is 12.7. The second kappa shape index (κ2) is 11.1. The van der Waals surface area contributed by atoms with E-state index in [1.54, 1.807) is 41.1 Å². The van der Waals surface area contributed by atoms with E-state index in [2.05, 4.69) is 11.4 Å². The lowest BCUT2D eigenvalue weighted by Gasteiger charge is -2.25. The van der Waals surface area contributed by atoms with Crippen LogP contribution in [-0.4, -0.2) is 56.0 Å². The van der Waals surface area contributed by atoms with E-state index in [4.69, 9.17) is 10.00 Å². The number of rotatable bonds is 10. The summed E-state index contributed by atoms with van der Waals surface area (Å²) in [5, 5.41) is 11.7. The van der Waals surface area contributed by atoms with E-state index < -0.39 is 0 Å². The number of amides is 2. The fourth-order valence-electron chi connectivity index (χ4n) is 2.43. The second-order valence-corrected chi connectivity index (χ2v) is 6.27. The van der Waals surface area contributed by atoms with Gasteiger partial charge < -0.3 is 15.0 Å². The van der Waals surface area contributed by atoms with Crippen molar-refractivity contribution in [2.24, 2.45) is 0 Å². The Balaban J connectivity index is 2.76. The predicted molar refractivity (Wildman–Crippen MR) is 101 cm³/mol. The van der Waals surface area contributed by atoms with Crippen molar-refractivity contribution in [3.8, 4) is 11.8 Å². The smallest absolute Gasteiger partial charge is 0.241 e. The fourth-order valence-corrected chi connectivity index (χ4v) is 2.43. The highest BCUT2D eigenvalue weighted by Gasteiger charge is 2.19. The normalized spacial score (nSPS) is 10.5. The van der Waals surface area contributed by atoms with Crippen molar-refractivity contribution < 1.29 is 14.3 Å². The van der Waals surface area contributed by atoms with Crippen LogP contribution in [0.2, 0.25) is 0 Å². The fraction of sp³-hybridized carbons (Fsp3) is 0.526. The molecule has 0 aliphatic carbocycles. The first-order valence-electron chi connectivity index (χ1n) is 8.75. The average molecular weight is 360 g/mol. The van der Waals surface area contributed by atoms with Crippen molar-refractivity contribution in [2.45, 2.75) is 33.2 Å². The van der Waals surface area contributed by atoms with Crippen LogP contribution in [0.4, 0.5) is 5.69 Å². The molecule has 26 heavy (non-hydrogen) atoms. The maximum Gasteiger partial charge on any atom is 0.241 e. The Labute approximate surface area is 155 Å². The zero-order valence-electron chi connectivity index (χ0n) is 16.0. The summed E-state index contributed by atoms with van der Waals surface area (Å²) in [6.07, 6.45) is 0.233. The molecule has 0 fully saturated rings. The maximum atomic E-state index is 12.7. The number of anilines is 1. The summed E-state index contributed by atoms with van der Waals surface area (Å²) in [4.78, 5) is 27.7. The number of likely N-dealkylation sites (N-methyl/N-ethyl adjacent to an activating group) is 1. The molecule has 0 saturated carbocycles. The molecule has 1 aromatic carbocycles. The van der Waals surface area contributed by atoms with Crippen molar-refractivity contribution in [3.05, 3.63) is 24.3 Å². The van der Waals surface area contributed by atoms with Gasteiger partial charge in [0.05, 0.1) is 32.2 Å². The third-order valence-corrected chi connectivity index (χ3v) is 3.48. The summed E-state index contributed by atoms with van der Waals surface area (Å²) >= 11 is 0. The highest BCUT2D eigenvalue weighted by molar-refractivity contribution is 5.95. The van der Waals surface area contributed by atoms with Gasteiger partial charge in [-0.15, -0.1) is 0 Å². The Morgan fingerprint density at radius 1 is 1.23 bits per heavy atom. The Hall–Kier alpha value is -2.59. The molecule has 0 heterocycles. The van der Waals surface area contributed by atoms with Crippen LogP contribution in [0.5, 0.6) is 5.75 Å². The summed E-state index contributed by atoms with van der Waals surface area (Å²) in [6, 6.07) is 9.31. The molecular formula is C19H28N4O3. The molecule has 1 rings (SSSR count). The number of carbonyl (C=O) groups is 2. The molecule has 0 aliphatic rings. The number of benzene rings is 1. The van der Waals surface area contributed by atoms with E-state index >= 15 is 0 Å². The molecule has 0 atom stereocenters. The van der Waals surface area contributed by atoms with Crippen LogP contribution in [0.1, 0.15) is 27.2 Å². The van der Waals surface area contributed by atoms with Crippen molar-refractivity contribution in [1.82, 2.24) is 10.2 Å². The van der Waals surface area contributed by atoms with Gasteiger partial charge in [0.2, 0.25) is 11.8 Å². The lowest BCUT2D eigenvalue weighted by Crippen LogP contribution is -2.44. The van der Waals surface area contributed by atoms with E-state index in [0.29, 0.717) is 18.8 Å². The molecular weight excluding hydrogens is 332 g/mol. The van der Waals surface area contributed by atoms with E-state index in [-0.39, 0.29) is 37.4 Å². The van der Waals surface area contributed by atoms with Crippen LogP contribution < -0.4 is 15.0 Å². The molecule has 2 amide bonds. The third kappa shape index (κ3) is 7.53. The number of nitrogens with zero attached hydrogens (tertiary/aromatic N) is 3. The predicted octanol–water partition coefficient (Wildman–Crippen LogP) is 1.79. The van der Waals surface area contributed by atoms with Crippen molar-refractivity contribution in [1.29, 1.82) is 5.26 Å². The van der Waals surface area contributed by atoms with Crippen LogP contribution >= 0.6 is 0 Å². The number of nitriles is 1. The minimum absolute atomic E-state index is 0.0579. The van der Waals surface area contributed by atoms with Gasteiger partial charge in [0.1, 0.15) is 5.75 Å². The molecule has 7 nitrogen and oxygen atoms in total. The number of nitrogens with one attached hydrogen (secondary N) is 1. The van der Waals surface area contributed by atoms with Gasteiger partial charge in [0, 0.05) is 18.3 Å². The summed E-state index contributed by atoms with van der Waals surface area (Å²) in [5.41, 5.74) is 0.703. The summed E-state index contributed by atoms with van der Waals surface area (Å²) in [5.74, 6) is 0.440. The molecule has 1 aromatic rings. The van der Waals surface area contributed by atoms with E-state index in [1.165, 1.54) is 0 Å². The first-order valence-corrected chi connectivity index (χ1v) is 8.75. The second-order valence-electron chi connectivity index (χ2n) is 6.27. The SMILES string of the molecule is CCOc1ccc(N(CCC#N)C(=O)CN(C)CC(=O)NC(C)C)cc1. The molecule has 0 unspecified atom stereocenters. The van der Waals surface area contributed by atoms with Crippen LogP contribution in [0.15, 0.2) is 24.3 Å². The van der Waals surface area contributed by atoms with E-state index in [1.807, 2.05) is 20.8 Å². The third-order valence-electron chi connectivity index (χ3n) is 3.48. The molecule has 0 aromatic heterocycles. The molecule has 7 heteroatoms. The van der Waals surface area contributed by atoms with Gasteiger partial charge in [0.25, 0.3) is 0 Å². The molecule has 0 radical (unpaired) electrons. The molecule has 0 saturated heterocycles. The topological polar surface area (TPSA) is 85.7 Å². The molecule has 0 spiro atoms. The summed E-state index contributed by atoms with van der Waals surface area (Å²) in [7, 11) is 1.72. The minimum Gasteiger partial charge on any atom is -0.494 e. The number of hydrogen-bond acceptors (Lipinski definition) is 5. The first kappa shape index (κ1) is 21.5. The lowest BCUT2D eigenvalue weighted by molar-refractivity contribution is -0.123. The minimum atomic E-state index is -0.163. The van der Waals surface area contributed by atoms with Crippen molar-refractivity contribution >= 4 is 17.5 Å². The summed E-state index contributed by atoms with van der Waals surface area (Å²) in [6.45, 7) is 6.78. The molecule has 0 bridgehead atoms. The Morgan fingerprint density at radius 2 is 1.88 bits per heavy atom. The monoisotopic (exact) mass is 360 g/mol. The Kier molecular flexibility index (Phi) is 9.17. The zero-order chi connectivity index (χ0) is 19.5.